The molecular weight excluding hydrogens is 292 g/mol. The molecule has 1 unspecified atom stereocenters. The van der Waals surface area contributed by atoms with Crippen LogP contribution in [0.4, 0.5) is 0 Å². The van der Waals surface area contributed by atoms with Gasteiger partial charge in [-0.15, -0.1) is 23.4 Å². The van der Waals surface area contributed by atoms with Crippen LogP contribution in [-0.2, 0) is 4.79 Å². The third-order valence-corrected chi connectivity index (χ3v) is 5.43. The molecule has 20 heavy (non-hydrogen) atoms. The molecule has 0 N–H and O–H groups in total. The summed E-state index contributed by atoms with van der Waals surface area (Å²) >= 11 is 7.57. The minimum absolute atomic E-state index is 0.0516. The Balaban J connectivity index is 1.64. The van der Waals surface area contributed by atoms with Crippen LogP contribution in [0.3, 0.4) is 0 Å². The number of hydrogen-bond donors (Lipinski definition) is 0. The summed E-state index contributed by atoms with van der Waals surface area (Å²) in [7, 11) is 0. The molecule has 0 radical (unpaired) electrons. The molecule has 1 atom stereocenters. The topological polar surface area (TPSA) is 23.6 Å². The first-order valence-corrected chi connectivity index (χ1v) is 8.60. The Morgan fingerprint density at radius 2 is 2.00 bits per heavy atom. The molecular formula is C15H19ClN2OS. The van der Waals surface area contributed by atoms with Gasteiger partial charge in [-0.1, -0.05) is 18.2 Å². The molecule has 1 fully saturated rings. The number of hydrogen-bond acceptors (Lipinski definition) is 3. The highest BCUT2D eigenvalue weighted by Crippen LogP contribution is 2.40. The summed E-state index contributed by atoms with van der Waals surface area (Å²) in [6.07, 6.45) is 0. The van der Waals surface area contributed by atoms with Gasteiger partial charge in [0.05, 0.1) is 5.92 Å². The van der Waals surface area contributed by atoms with Gasteiger partial charge in [0, 0.05) is 49.3 Å². The van der Waals surface area contributed by atoms with Gasteiger partial charge >= 0.3 is 0 Å². The van der Waals surface area contributed by atoms with E-state index in [1.807, 2.05) is 17.0 Å². The Hall–Kier alpha value is -0.710. The van der Waals surface area contributed by atoms with Crippen LogP contribution in [0.25, 0.3) is 0 Å². The van der Waals surface area contributed by atoms with Crippen molar-refractivity contribution in [3.63, 3.8) is 0 Å². The highest BCUT2D eigenvalue weighted by molar-refractivity contribution is 7.99. The van der Waals surface area contributed by atoms with Gasteiger partial charge in [0.2, 0.25) is 5.91 Å². The normalized spacial score (nSPS) is 22.9. The third kappa shape index (κ3) is 2.83. The van der Waals surface area contributed by atoms with Crippen molar-refractivity contribution in [3.8, 4) is 0 Å². The lowest BCUT2D eigenvalue weighted by atomic mass is 9.99. The van der Waals surface area contributed by atoms with Crippen molar-refractivity contribution >= 4 is 29.3 Å². The van der Waals surface area contributed by atoms with Crippen LogP contribution in [-0.4, -0.2) is 60.1 Å². The van der Waals surface area contributed by atoms with Crippen molar-refractivity contribution in [2.75, 3.05) is 44.4 Å². The van der Waals surface area contributed by atoms with E-state index in [9.17, 15) is 4.79 Å². The highest BCUT2D eigenvalue weighted by atomic mass is 35.5. The lowest BCUT2D eigenvalue weighted by molar-refractivity contribution is -0.134. The van der Waals surface area contributed by atoms with Crippen LogP contribution >= 0.6 is 23.4 Å². The van der Waals surface area contributed by atoms with Gasteiger partial charge in [-0.2, -0.15) is 0 Å². The highest BCUT2D eigenvalue weighted by Gasteiger charge is 2.33. The van der Waals surface area contributed by atoms with E-state index >= 15 is 0 Å². The minimum Gasteiger partial charge on any atom is -0.340 e. The fraction of sp³-hybridized carbons (Fsp3) is 0.533. The molecule has 108 valence electrons. The summed E-state index contributed by atoms with van der Waals surface area (Å²) in [5.74, 6) is 1.91. The molecule has 0 aromatic heterocycles. The van der Waals surface area contributed by atoms with E-state index in [1.165, 1.54) is 10.5 Å². The molecule has 2 aliphatic heterocycles. The number of fused-ring (bicyclic) bond motifs is 1. The van der Waals surface area contributed by atoms with E-state index in [-0.39, 0.29) is 5.92 Å². The average molecular weight is 311 g/mol. The Kier molecular flexibility index (Phi) is 4.54. The third-order valence-electron chi connectivity index (χ3n) is 4.08. The zero-order chi connectivity index (χ0) is 13.9. The molecule has 0 bridgehead atoms. The van der Waals surface area contributed by atoms with Gasteiger partial charge in [0.1, 0.15) is 0 Å². The number of alkyl halides is 1. The van der Waals surface area contributed by atoms with E-state index in [0.717, 1.165) is 38.5 Å². The summed E-state index contributed by atoms with van der Waals surface area (Å²) in [6, 6.07) is 8.29. The van der Waals surface area contributed by atoms with Crippen molar-refractivity contribution in [1.82, 2.24) is 9.80 Å². The fourth-order valence-corrected chi connectivity index (χ4v) is 4.36. The standard InChI is InChI=1S/C15H19ClN2OS/c16-5-6-17-7-9-18(10-8-17)15(19)13-11-20-14-4-2-1-3-12(13)14/h1-4,13H,5-11H2. The van der Waals surface area contributed by atoms with Gasteiger partial charge in [0.15, 0.2) is 0 Å². The van der Waals surface area contributed by atoms with Gasteiger partial charge in [-0.3, -0.25) is 9.69 Å². The molecule has 3 rings (SSSR count). The van der Waals surface area contributed by atoms with Crippen molar-refractivity contribution in [2.24, 2.45) is 0 Å². The minimum atomic E-state index is 0.0516. The maximum atomic E-state index is 12.7. The van der Waals surface area contributed by atoms with Crippen LogP contribution in [0.2, 0.25) is 0 Å². The molecule has 2 heterocycles. The number of benzene rings is 1. The maximum absolute atomic E-state index is 12.7. The zero-order valence-corrected chi connectivity index (χ0v) is 13.0. The molecule has 2 aliphatic rings. The van der Waals surface area contributed by atoms with E-state index in [4.69, 9.17) is 11.6 Å². The lowest BCUT2D eigenvalue weighted by Crippen LogP contribution is -2.50. The number of nitrogens with zero attached hydrogens (tertiary/aromatic N) is 2. The summed E-state index contributed by atoms with van der Waals surface area (Å²) in [5.41, 5.74) is 1.21. The zero-order valence-electron chi connectivity index (χ0n) is 11.4. The number of thioether (sulfide) groups is 1. The smallest absolute Gasteiger partial charge is 0.231 e. The van der Waals surface area contributed by atoms with E-state index in [0.29, 0.717) is 11.8 Å². The fourth-order valence-electron chi connectivity index (χ4n) is 2.90. The number of piperazine rings is 1. The second kappa shape index (κ2) is 6.37. The molecule has 0 spiro atoms. The maximum Gasteiger partial charge on any atom is 0.231 e. The predicted molar refractivity (Wildman–Crippen MR) is 83.6 cm³/mol. The molecule has 3 nitrogen and oxygen atoms in total. The number of carbonyl (C=O) groups excluding carboxylic acids is 1. The van der Waals surface area contributed by atoms with Crippen molar-refractivity contribution < 1.29 is 4.79 Å². The number of carbonyl (C=O) groups is 1. The molecule has 1 aromatic carbocycles. The van der Waals surface area contributed by atoms with Crippen LogP contribution in [0.1, 0.15) is 11.5 Å². The predicted octanol–water partition coefficient (Wildman–Crippen LogP) is 2.26. The van der Waals surface area contributed by atoms with Gasteiger partial charge < -0.3 is 4.90 Å². The van der Waals surface area contributed by atoms with Gasteiger partial charge in [-0.05, 0) is 11.6 Å². The molecule has 5 heteroatoms. The van der Waals surface area contributed by atoms with Crippen molar-refractivity contribution in [1.29, 1.82) is 0 Å². The summed E-state index contributed by atoms with van der Waals surface area (Å²) in [6.45, 7) is 4.48. The molecule has 0 saturated carbocycles. The van der Waals surface area contributed by atoms with Crippen LogP contribution in [0.15, 0.2) is 29.2 Å². The van der Waals surface area contributed by atoms with Gasteiger partial charge in [0.25, 0.3) is 0 Å². The summed E-state index contributed by atoms with van der Waals surface area (Å²) in [5, 5.41) is 0. The number of rotatable bonds is 3. The first-order valence-electron chi connectivity index (χ1n) is 7.08. The van der Waals surface area contributed by atoms with Crippen molar-refractivity contribution in [3.05, 3.63) is 29.8 Å². The first-order chi connectivity index (χ1) is 9.79. The average Bonchev–Trinajstić information content (AvgIpc) is 2.92. The molecule has 0 aliphatic carbocycles. The number of halogens is 1. The molecule has 1 aromatic rings. The van der Waals surface area contributed by atoms with E-state index in [2.05, 4.69) is 17.0 Å². The van der Waals surface area contributed by atoms with Crippen LogP contribution < -0.4 is 0 Å². The largest absolute Gasteiger partial charge is 0.340 e. The van der Waals surface area contributed by atoms with Crippen molar-refractivity contribution in [2.45, 2.75) is 10.8 Å². The molecule has 1 saturated heterocycles. The quantitative estimate of drug-likeness (QED) is 0.800. The number of amides is 1. The first kappa shape index (κ1) is 14.2. The van der Waals surface area contributed by atoms with E-state index in [1.54, 1.807) is 11.8 Å². The van der Waals surface area contributed by atoms with E-state index < -0.39 is 0 Å². The molecule has 1 amide bonds. The summed E-state index contributed by atoms with van der Waals surface area (Å²) in [4.78, 5) is 18.3. The van der Waals surface area contributed by atoms with Gasteiger partial charge in [-0.25, -0.2) is 0 Å². The Morgan fingerprint density at radius 1 is 1.25 bits per heavy atom. The second-order valence-electron chi connectivity index (χ2n) is 5.26. The Labute approximate surface area is 129 Å². The van der Waals surface area contributed by atoms with Crippen LogP contribution in [0.5, 0.6) is 0 Å². The SMILES string of the molecule is O=C(C1CSc2ccccc21)N1CCN(CCCl)CC1. The summed E-state index contributed by atoms with van der Waals surface area (Å²) < 4.78 is 0. The Bertz CT molecular complexity index is 489. The second-order valence-corrected chi connectivity index (χ2v) is 6.70. The lowest BCUT2D eigenvalue weighted by Gasteiger charge is -2.35. The van der Waals surface area contributed by atoms with Crippen LogP contribution in [0, 0.1) is 0 Å². The Morgan fingerprint density at radius 3 is 2.75 bits per heavy atom. The monoisotopic (exact) mass is 310 g/mol.